The van der Waals surface area contributed by atoms with E-state index in [1.807, 2.05) is 6.92 Å². The molecule has 1 rings (SSSR count). The first-order valence-corrected chi connectivity index (χ1v) is 8.03. The number of likely N-dealkylation sites (N-methyl/N-ethyl adjacent to an activating group) is 1. The monoisotopic (exact) mass is 374 g/mol. The van der Waals surface area contributed by atoms with E-state index in [4.69, 9.17) is 0 Å². The van der Waals surface area contributed by atoms with Gasteiger partial charge in [0, 0.05) is 17.6 Å². The predicted octanol–water partition coefficient (Wildman–Crippen LogP) is 2.36. The molecule has 0 saturated heterocycles. The number of alkyl halides is 3. The average Bonchev–Trinajstić information content (AvgIpc) is 2.33. The molecule has 0 aliphatic heterocycles. The molecule has 0 radical (unpaired) electrons. The van der Waals surface area contributed by atoms with E-state index in [1.54, 1.807) is 0 Å². The molecule has 4 nitrogen and oxygen atoms in total. The molecule has 1 aromatic carbocycles. The summed E-state index contributed by atoms with van der Waals surface area (Å²) in [4.78, 5) is -0.412. The first-order chi connectivity index (χ1) is 9.18. The summed E-state index contributed by atoms with van der Waals surface area (Å²) < 4.78 is 63.9. The maximum Gasteiger partial charge on any atom is 0.417 e. The normalized spacial score (nSPS) is 12.7. The molecule has 0 saturated carbocycles. The van der Waals surface area contributed by atoms with Gasteiger partial charge in [-0.15, -0.1) is 0 Å². The molecule has 114 valence electrons. The van der Waals surface area contributed by atoms with Gasteiger partial charge in [0.1, 0.15) is 0 Å². The molecule has 0 unspecified atom stereocenters. The zero-order valence-corrected chi connectivity index (χ0v) is 13.0. The van der Waals surface area contributed by atoms with Crippen LogP contribution < -0.4 is 10.0 Å². The third-order valence-corrected chi connectivity index (χ3v) is 4.55. The quantitative estimate of drug-likeness (QED) is 0.751. The SMILES string of the molecule is CCNCCNS(=O)(=O)c1ccc(Br)c(C(F)(F)F)c1. The lowest BCUT2D eigenvalue weighted by Gasteiger charge is -2.12. The van der Waals surface area contributed by atoms with E-state index in [-0.39, 0.29) is 11.0 Å². The van der Waals surface area contributed by atoms with Gasteiger partial charge in [-0.25, -0.2) is 13.1 Å². The van der Waals surface area contributed by atoms with Crippen molar-refractivity contribution in [2.75, 3.05) is 19.6 Å². The number of benzene rings is 1. The van der Waals surface area contributed by atoms with Crippen LogP contribution >= 0.6 is 15.9 Å². The molecule has 0 spiro atoms. The molecule has 9 heteroatoms. The minimum Gasteiger partial charge on any atom is -0.316 e. The topological polar surface area (TPSA) is 58.2 Å². The minimum atomic E-state index is -4.62. The Balaban J connectivity index is 2.96. The van der Waals surface area contributed by atoms with Crippen molar-refractivity contribution in [1.29, 1.82) is 0 Å². The summed E-state index contributed by atoms with van der Waals surface area (Å²) in [5.74, 6) is 0. The van der Waals surface area contributed by atoms with Crippen LogP contribution in [0.15, 0.2) is 27.6 Å². The first-order valence-electron chi connectivity index (χ1n) is 5.75. The molecule has 0 fully saturated rings. The Kier molecular flexibility index (Phi) is 5.99. The average molecular weight is 375 g/mol. The number of nitrogens with one attached hydrogen (secondary N) is 2. The molecule has 0 bridgehead atoms. The van der Waals surface area contributed by atoms with Crippen LogP contribution in [0, 0.1) is 0 Å². The van der Waals surface area contributed by atoms with Gasteiger partial charge in [-0.3, -0.25) is 0 Å². The number of hydrogen-bond acceptors (Lipinski definition) is 3. The van der Waals surface area contributed by atoms with Gasteiger partial charge in [0.05, 0.1) is 10.5 Å². The van der Waals surface area contributed by atoms with Gasteiger partial charge in [0.2, 0.25) is 10.0 Å². The van der Waals surface area contributed by atoms with Crippen molar-refractivity contribution in [3.05, 3.63) is 28.2 Å². The molecule has 0 aromatic heterocycles. The number of sulfonamides is 1. The van der Waals surface area contributed by atoms with E-state index in [9.17, 15) is 21.6 Å². The number of halogens is 4. The van der Waals surface area contributed by atoms with E-state index in [0.717, 1.165) is 12.1 Å². The van der Waals surface area contributed by atoms with Gasteiger partial charge >= 0.3 is 6.18 Å². The molecule has 0 atom stereocenters. The lowest BCUT2D eigenvalue weighted by Crippen LogP contribution is -2.31. The molecule has 2 N–H and O–H groups in total. The Morgan fingerprint density at radius 3 is 2.45 bits per heavy atom. The molecule has 0 heterocycles. The van der Waals surface area contributed by atoms with Crippen LogP contribution in [0.4, 0.5) is 13.2 Å². The van der Waals surface area contributed by atoms with E-state index >= 15 is 0 Å². The van der Waals surface area contributed by atoms with E-state index in [0.29, 0.717) is 19.2 Å². The zero-order chi connectivity index (χ0) is 15.4. The van der Waals surface area contributed by atoms with Crippen LogP contribution in [0.2, 0.25) is 0 Å². The lowest BCUT2D eigenvalue weighted by atomic mass is 10.2. The van der Waals surface area contributed by atoms with Gasteiger partial charge in [-0.2, -0.15) is 13.2 Å². The maximum absolute atomic E-state index is 12.7. The highest BCUT2D eigenvalue weighted by molar-refractivity contribution is 9.10. The van der Waals surface area contributed by atoms with Crippen molar-refractivity contribution in [2.45, 2.75) is 18.0 Å². The number of rotatable bonds is 6. The maximum atomic E-state index is 12.7. The summed E-state index contributed by atoms with van der Waals surface area (Å²) in [6, 6.07) is 2.80. The van der Waals surface area contributed by atoms with Crippen LogP contribution in [0.1, 0.15) is 12.5 Å². The fourth-order valence-corrected chi connectivity index (χ4v) is 2.95. The van der Waals surface area contributed by atoms with Gasteiger partial charge in [0.25, 0.3) is 0 Å². The largest absolute Gasteiger partial charge is 0.417 e. The summed E-state index contributed by atoms with van der Waals surface area (Å²) >= 11 is 2.76. The van der Waals surface area contributed by atoms with Crippen molar-refractivity contribution >= 4 is 26.0 Å². The van der Waals surface area contributed by atoms with Crippen LogP contribution in [0.5, 0.6) is 0 Å². The van der Waals surface area contributed by atoms with Gasteiger partial charge in [0.15, 0.2) is 0 Å². The molecule has 0 aliphatic rings. The fourth-order valence-electron chi connectivity index (χ4n) is 1.42. The molecule has 0 amide bonds. The second-order valence-electron chi connectivity index (χ2n) is 3.89. The second kappa shape index (κ2) is 6.88. The zero-order valence-electron chi connectivity index (χ0n) is 10.6. The summed E-state index contributed by atoms with van der Waals surface area (Å²) in [6.07, 6.45) is -4.62. The van der Waals surface area contributed by atoms with Crippen molar-refractivity contribution in [3.8, 4) is 0 Å². The van der Waals surface area contributed by atoms with Crippen LogP contribution in [0.3, 0.4) is 0 Å². The Hall–Kier alpha value is -0.640. The van der Waals surface area contributed by atoms with E-state index in [1.165, 1.54) is 0 Å². The lowest BCUT2D eigenvalue weighted by molar-refractivity contribution is -0.138. The number of hydrogen-bond donors (Lipinski definition) is 2. The fraction of sp³-hybridized carbons (Fsp3) is 0.455. The van der Waals surface area contributed by atoms with Crippen molar-refractivity contribution in [1.82, 2.24) is 10.0 Å². The Morgan fingerprint density at radius 1 is 1.25 bits per heavy atom. The van der Waals surface area contributed by atoms with Gasteiger partial charge < -0.3 is 5.32 Å². The Bertz CT molecular complexity index is 561. The second-order valence-corrected chi connectivity index (χ2v) is 6.51. The summed E-state index contributed by atoms with van der Waals surface area (Å²) in [7, 11) is -3.95. The molecule has 1 aromatic rings. The summed E-state index contributed by atoms with van der Waals surface area (Å²) in [5, 5.41) is 2.90. The van der Waals surface area contributed by atoms with Crippen LogP contribution in [0.25, 0.3) is 0 Å². The van der Waals surface area contributed by atoms with E-state index < -0.39 is 26.7 Å². The third kappa shape index (κ3) is 4.72. The smallest absolute Gasteiger partial charge is 0.316 e. The van der Waals surface area contributed by atoms with Crippen LogP contribution in [-0.2, 0) is 16.2 Å². The van der Waals surface area contributed by atoms with Crippen molar-refractivity contribution in [2.24, 2.45) is 0 Å². The molecule has 0 aliphatic carbocycles. The summed E-state index contributed by atoms with van der Waals surface area (Å²) in [5.41, 5.74) is -1.02. The summed E-state index contributed by atoms with van der Waals surface area (Å²) in [6.45, 7) is 3.04. The van der Waals surface area contributed by atoms with E-state index in [2.05, 4.69) is 26.0 Å². The third-order valence-electron chi connectivity index (χ3n) is 2.40. The Morgan fingerprint density at radius 2 is 1.90 bits per heavy atom. The molecular weight excluding hydrogens is 361 g/mol. The highest BCUT2D eigenvalue weighted by Gasteiger charge is 2.34. The van der Waals surface area contributed by atoms with Gasteiger partial charge in [-0.1, -0.05) is 22.9 Å². The van der Waals surface area contributed by atoms with Crippen molar-refractivity contribution in [3.63, 3.8) is 0 Å². The molecular formula is C11H14BrF3N2O2S. The highest BCUT2D eigenvalue weighted by atomic mass is 79.9. The van der Waals surface area contributed by atoms with Crippen molar-refractivity contribution < 1.29 is 21.6 Å². The van der Waals surface area contributed by atoms with Gasteiger partial charge in [-0.05, 0) is 24.7 Å². The minimum absolute atomic E-state index is 0.105. The molecule has 20 heavy (non-hydrogen) atoms. The standard InChI is InChI=1S/C11H14BrF3N2O2S/c1-2-16-5-6-17-20(18,19)8-3-4-10(12)9(7-8)11(13,14)15/h3-4,7,16-17H,2,5-6H2,1H3. The predicted molar refractivity (Wildman–Crippen MR) is 72.9 cm³/mol. The highest BCUT2D eigenvalue weighted by Crippen LogP contribution is 2.35. The first kappa shape index (κ1) is 17.4. The van der Waals surface area contributed by atoms with Crippen LogP contribution in [-0.4, -0.2) is 28.1 Å². The Labute approximate surface area is 123 Å².